The number of anilines is 1. The number of pyridine rings is 1. The van der Waals surface area contributed by atoms with Crippen LogP contribution in [0.3, 0.4) is 0 Å². The number of aromatic nitrogens is 2. The van der Waals surface area contributed by atoms with Crippen molar-refractivity contribution >= 4 is 17.2 Å². The molecule has 0 saturated carbocycles. The highest BCUT2D eigenvalue weighted by molar-refractivity contribution is 7.09. The molecule has 0 radical (unpaired) electrons. The molecule has 0 aromatic carbocycles. The van der Waals surface area contributed by atoms with Gasteiger partial charge in [0.15, 0.2) is 0 Å². The molecule has 1 unspecified atom stereocenters. The minimum absolute atomic E-state index is 0.499. The van der Waals surface area contributed by atoms with E-state index in [0.29, 0.717) is 12.0 Å². The van der Waals surface area contributed by atoms with E-state index in [1.165, 1.54) is 17.8 Å². The molecule has 4 nitrogen and oxygen atoms in total. The van der Waals surface area contributed by atoms with Crippen LogP contribution in [0.5, 0.6) is 0 Å². The number of nitrogens with one attached hydrogen (secondary N) is 1. The predicted octanol–water partition coefficient (Wildman–Crippen LogP) is 2.90. The minimum Gasteiger partial charge on any atom is -0.357 e. The second kappa shape index (κ2) is 7.00. The van der Waals surface area contributed by atoms with E-state index in [4.69, 9.17) is 0 Å². The topological polar surface area (TPSA) is 41.0 Å². The van der Waals surface area contributed by atoms with E-state index in [0.717, 1.165) is 25.5 Å². The molecular formula is C16H22N4S. The minimum atomic E-state index is 0.499. The monoisotopic (exact) mass is 302 g/mol. The lowest BCUT2D eigenvalue weighted by Crippen LogP contribution is -2.43. The maximum atomic E-state index is 4.43. The Hall–Kier alpha value is -1.46. The van der Waals surface area contributed by atoms with Crippen molar-refractivity contribution in [3.63, 3.8) is 0 Å². The maximum absolute atomic E-state index is 4.43. The molecule has 1 aliphatic rings. The van der Waals surface area contributed by atoms with Gasteiger partial charge in [0.05, 0.1) is 5.01 Å². The van der Waals surface area contributed by atoms with Gasteiger partial charge in [-0.3, -0.25) is 0 Å². The fourth-order valence-corrected chi connectivity index (χ4v) is 3.46. The zero-order valence-corrected chi connectivity index (χ0v) is 13.2. The Labute approximate surface area is 130 Å². The molecule has 0 spiro atoms. The number of piperidine rings is 1. The van der Waals surface area contributed by atoms with Crippen LogP contribution in [0.1, 0.15) is 30.7 Å². The van der Waals surface area contributed by atoms with Gasteiger partial charge < -0.3 is 10.2 Å². The van der Waals surface area contributed by atoms with Crippen molar-refractivity contribution in [1.29, 1.82) is 0 Å². The van der Waals surface area contributed by atoms with E-state index in [-0.39, 0.29) is 0 Å². The quantitative estimate of drug-likeness (QED) is 0.922. The molecule has 2 aromatic rings. The molecule has 1 aliphatic heterocycles. The van der Waals surface area contributed by atoms with Gasteiger partial charge in [-0.15, -0.1) is 11.3 Å². The molecular weight excluding hydrogens is 280 g/mol. The van der Waals surface area contributed by atoms with Crippen LogP contribution in [0.2, 0.25) is 0 Å². The summed E-state index contributed by atoms with van der Waals surface area (Å²) in [6, 6.07) is 6.74. The molecule has 0 amide bonds. The van der Waals surface area contributed by atoms with Crippen LogP contribution < -0.4 is 10.2 Å². The first-order chi connectivity index (χ1) is 10.3. The van der Waals surface area contributed by atoms with Crippen LogP contribution in [-0.2, 0) is 0 Å². The van der Waals surface area contributed by atoms with Crippen molar-refractivity contribution in [2.24, 2.45) is 0 Å². The van der Waals surface area contributed by atoms with Gasteiger partial charge in [0.2, 0.25) is 0 Å². The standard InChI is InChI=1S/C16H22N4S/c1-13(16-18-8-11-21-16)12-19-14-5-9-20(10-6-14)15-4-2-3-7-17-15/h2-4,7-8,11,13-14,19H,5-6,9-10,12H2,1H3. The highest BCUT2D eigenvalue weighted by Gasteiger charge is 2.20. The number of thiazole rings is 1. The summed E-state index contributed by atoms with van der Waals surface area (Å²) in [4.78, 5) is 11.2. The summed E-state index contributed by atoms with van der Waals surface area (Å²) < 4.78 is 0. The van der Waals surface area contributed by atoms with E-state index in [1.54, 1.807) is 11.3 Å². The van der Waals surface area contributed by atoms with Gasteiger partial charge in [-0.25, -0.2) is 9.97 Å². The van der Waals surface area contributed by atoms with Crippen molar-refractivity contribution < 1.29 is 0 Å². The summed E-state index contributed by atoms with van der Waals surface area (Å²) in [6.07, 6.45) is 6.12. The molecule has 3 rings (SSSR count). The summed E-state index contributed by atoms with van der Waals surface area (Å²) in [7, 11) is 0. The second-order valence-electron chi connectivity index (χ2n) is 5.63. The fourth-order valence-electron chi connectivity index (χ4n) is 2.76. The van der Waals surface area contributed by atoms with Crippen molar-refractivity contribution in [3.05, 3.63) is 41.0 Å². The third-order valence-electron chi connectivity index (χ3n) is 4.05. The first-order valence-electron chi connectivity index (χ1n) is 7.61. The van der Waals surface area contributed by atoms with Gasteiger partial charge in [-0.2, -0.15) is 0 Å². The lowest BCUT2D eigenvalue weighted by atomic mass is 10.0. The van der Waals surface area contributed by atoms with Gasteiger partial charge in [0, 0.05) is 49.4 Å². The average molecular weight is 302 g/mol. The van der Waals surface area contributed by atoms with Crippen LogP contribution in [0, 0.1) is 0 Å². The maximum Gasteiger partial charge on any atom is 0.128 e. The zero-order valence-electron chi connectivity index (χ0n) is 12.4. The lowest BCUT2D eigenvalue weighted by Gasteiger charge is -2.33. The Balaban J connectivity index is 1.44. The number of hydrogen-bond acceptors (Lipinski definition) is 5. The van der Waals surface area contributed by atoms with Gasteiger partial charge in [-0.1, -0.05) is 13.0 Å². The molecule has 1 N–H and O–H groups in total. The van der Waals surface area contributed by atoms with Gasteiger partial charge in [-0.05, 0) is 25.0 Å². The Morgan fingerprint density at radius 2 is 2.14 bits per heavy atom. The molecule has 112 valence electrons. The van der Waals surface area contributed by atoms with Crippen LogP contribution in [0.25, 0.3) is 0 Å². The highest BCUT2D eigenvalue weighted by atomic mass is 32.1. The van der Waals surface area contributed by atoms with E-state index >= 15 is 0 Å². The number of nitrogens with zero attached hydrogens (tertiary/aromatic N) is 3. The zero-order chi connectivity index (χ0) is 14.5. The molecule has 1 atom stereocenters. The molecule has 21 heavy (non-hydrogen) atoms. The Bertz CT molecular complexity index is 520. The number of rotatable bonds is 5. The van der Waals surface area contributed by atoms with Gasteiger partial charge in [0.1, 0.15) is 5.82 Å². The molecule has 1 fully saturated rings. The van der Waals surface area contributed by atoms with E-state index in [1.807, 2.05) is 18.5 Å². The SMILES string of the molecule is CC(CNC1CCN(c2ccccn2)CC1)c1nccs1. The van der Waals surface area contributed by atoms with Crippen LogP contribution in [-0.4, -0.2) is 35.6 Å². The predicted molar refractivity (Wildman–Crippen MR) is 88.0 cm³/mol. The van der Waals surface area contributed by atoms with Crippen molar-refractivity contribution in [2.45, 2.75) is 31.7 Å². The Morgan fingerprint density at radius 3 is 2.81 bits per heavy atom. The highest BCUT2D eigenvalue weighted by Crippen LogP contribution is 2.19. The summed E-state index contributed by atoms with van der Waals surface area (Å²) in [5, 5.41) is 6.98. The molecule has 0 aliphatic carbocycles. The van der Waals surface area contributed by atoms with Crippen LogP contribution in [0.15, 0.2) is 36.0 Å². The smallest absolute Gasteiger partial charge is 0.128 e. The Kier molecular flexibility index (Phi) is 4.83. The third kappa shape index (κ3) is 3.80. The van der Waals surface area contributed by atoms with Crippen LogP contribution in [0.4, 0.5) is 5.82 Å². The molecule has 3 heterocycles. The Morgan fingerprint density at radius 1 is 1.29 bits per heavy atom. The van der Waals surface area contributed by atoms with Crippen molar-refractivity contribution in [2.75, 3.05) is 24.5 Å². The molecule has 2 aromatic heterocycles. The van der Waals surface area contributed by atoms with E-state index in [2.05, 4.69) is 44.6 Å². The largest absolute Gasteiger partial charge is 0.357 e. The van der Waals surface area contributed by atoms with Gasteiger partial charge >= 0.3 is 0 Å². The third-order valence-corrected chi connectivity index (χ3v) is 5.06. The summed E-state index contributed by atoms with van der Waals surface area (Å²) >= 11 is 1.75. The average Bonchev–Trinajstić information content (AvgIpc) is 3.08. The summed E-state index contributed by atoms with van der Waals surface area (Å²) in [6.45, 7) is 5.43. The lowest BCUT2D eigenvalue weighted by molar-refractivity contribution is 0.405. The first kappa shape index (κ1) is 14.5. The van der Waals surface area contributed by atoms with Crippen LogP contribution >= 0.6 is 11.3 Å². The fraction of sp³-hybridized carbons (Fsp3) is 0.500. The molecule has 0 bridgehead atoms. The number of hydrogen-bond donors (Lipinski definition) is 1. The van der Waals surface area contributed by atoms with Crippen molar-refractivity contribution in [1.82, 2.24) is 15.3 Å². The second-order valence-corrected chi connectivity index (χ2v) is 6.56. The van der Waals surface area contributed by atoms with E-state index < -0.39 is 0 Å². The molecule has 1 saturated heterocycles. The van der Waals surface area contributed by atoms with Crippen molar-refractivity contribution in [3.8, 4) is 0 Å². The van der Waals surface area contributed by atoms with E-state index in [9.17, 15) is 0 Å². The van der Waals surface area contributed by atoms with Gasteiger partial charge in [0.25, 0.3) is 0 Å². The normalized spacial score (nSPS) is 17.9. The molecule has 5 heteroatoms. The first-order valence-corrected chi connectivity index (χ1v) is 8.49. The summed E-state index contributed by atoms with van der Waals surface area (Å²) in [5.74, 6) is 1.60. The summed E-state index contributed by atoms with van der Waals surface area (Å²) in [5.41, 5.74) is 0.